The molecule has 11 heteroatoms. The minimum Gasteiger partial charge on any atom is -0.495 e. The number of rotatable bonds is 7. The maximum Gasteiger partial charge on any atom is 0.243 e. The predicted molar refractivity (Wildman–Crippen MR) is 109 cm³/mol. The van der Waals surface area contributed by atoms with Gasteiger partial charge in [-0.15, -0.1) is 10.2 Å². The van der Waals surface area contributed by atoms with E-state index in [0.717, 1.165) is 25.7 Å². The topological polar surface area (TPSA) is 101 Å². The number of sulfonamides is 1. The Morgan fingerprint density at radius 2 is 2.04 bits per heavy atom. The number of methoxy groups -OCH3 is 1. The van der Waals surface area contributed by atoms with Crippen molar-refractivity contribution in [3.05, 3.63) is 23.7 Å². The minimum absolute atomic E-state index is 0.140. The van der Waals surface area contributed by atoms with Crippen LogP contribution >= 0.6 is 23.1 Å². The molecule has 0 aliphatic carbocycles. The fourth-order valence-electron chi connectivity index (χ4n) is 2.92. The summed E-state index contributed by atoms with van der Waals surface area (Å²) in [6.45, 7) is 1.04. The molecular formula is C17H22N4O4S3. The van der Waals surface area contributed by atoms with E-state index in [0.29, 0.717) is 28.9 Å². The van der Waals surface area contributed by atoms with Gasteiger partial charge in [0.1, 0.15) is 11.3 Å². The quantitative estimate of drug-likeness (QED) is 0.658. The van der Waals surface area contributed by atoms with Crippen molar-refractivity contribution in [3.63, 3.8) is 0 Å². The lowest BCUT2D eigenvalue weighted by molar-refractivity contribution is -0.113. The normalized spacial score (nSPS) is 15.8. The molecule has 2 aromatic rings. The summed E-state index contributed by atoms with van der Waals surface area (Å²) in [5.74, 6) is 0.272. The maximum absolute atomic E-state index is 13.0. The summed E-state index contributed by atoms with van der Waals surface area (Å²) in [4.78, 5) is 12.4. The van der Waals surface area contributed by atoms with E-state index in [4.69, 9.17) is 4.74 Å². The zero-order chi connectivity index (χ0) is 20.0. The van der Waals surface area contributed by atoms with Crippen LogP contribution in [0.5, 0.6) is 5.75 Å². The maximum atomic E-state index is 13.0. The van der Waals surface area contributed by atoms with Gasteiger partial charge in [-0.1, -0.05) is 35.9 Å². The van der Waals surface area contributed by atoms with Gasteiger partial charge in [-0.3, -0.25) is 4.79 Å². The lowest BCUT2D eigenvalue weighted by Crippen LogP contribution is -2.32. The van der Waals surface area contributed by atoms with Crippen molar-refractivity contribution in [2.75, 3.05) is 31.3 Å². The van der Waals surface area contributed by atoms with Crippen molar-refractivity contribution >= 4 is 44.7 Å². The molecular weight excluding hydrogens is 420 g/mol. The zero-order valence-electron chi connectivity index (χ0n) is 15.5. The van der Waals surface area contributed by atoms with Crippen LogP contribution in [0.25, 0.3) is 0 Å². The molecule has 1 aliphatic rings. The second-order valence-electron chi connectivity index (χ2n) is 6.22. The Balaban J connectivity index is 1.76. The smallest absolute Gasteiger partial charge is 0.243 e. The summed E-state index contributed by atoms with van der Waals surface area (Å²) in [6.07, 6.45) is 3.81. The van der Waals surface area contributed by atoms with Crippen LogP contribution in [0.2, 0.25) is 0 Å². The molecule has 1 saturated heterocycles. The molecule has 8 nitrogen and oxygen atoms in total. The SMILES string of the molecule is COc1ccc(S(=O)(=O)N2CCCCCC2)cc1NC(=O)CSc1nncs1. The van der Waals surface area contributed by atoms with Gasteiger partial charge in [0.25, 0.3) is 0 Å². The third kappa shape index (κ3) is 5.22. The second-order valence-corrected chi connectivity index (χ2v) is 10.2. The molecule has 0 radical (unpaired) electrons. The first-order valence-electron chi connectivity index (χ1n) is 8.88. The third-order valence-corrected chi connectivity index (χ3v) is 8.07. The molecule has 1 amide bonds. The van der Waals surface area contributed by atoms with E-state index in [-0.39, 0.29) is 16.6 Å². The molecule has 1 aromatic carbocycles. The largest absolute Gasteiger partial charge is 0.495 e. The van der Waals surface area contributed by atoms with E-state index in [2.05, 4.69) is 15.5 Å². The van der Waals surface area contributed by atoms with Gasteiger partial charge < -0.3 is 10.1 Å². The Morgan fingerprint density at radius 1 is 1.29 bits per heavy atom. The standard InChI is InChI=1S/C17H22N4O4S3/c1-25-15-7-6-13(28(23,24)21-8-4-2-3-5-9-21)10-14(15)19-16(22)11-26-17-20-18-12-27-17/h6-7,10,12H,2-5,8-9,11H2,1H3,(H,19,22). The van der Waals surface area contributed by atoms with E-state index in [1.807, 2.05) is 0 Å². The molecule has 2 heterocycles. The average Bonchev–Trinajstić information content (AvgIpc) is 3.05. The highest BCUT2D eigenvalue weighted by molar-refractivity contribution is 8.01. The lowest BCUT2D eigenvalue weighted by atomic mass is 10.2. The summed E-state index contributed by atoms with van der Waals surface area (Å²) in [6, 6.07) is 4.55. The van der Waals surface area contributed by atoms with E-state index >= 15 is 0 Å². The number of nitrogens with zero attached hydrogens (tertiary/aromatic N) is 3. The lowest BCUT2D eigenvalue weighted by Gasteiger charge is -2.21. The Morgan fingerprint density at radius 3 is 2.68 bits per heavy atom. The van der Waals surface area contributed by atoms with E-state index < -0.39 is 10.0 Å². The van der Waals surface area contributed by atoms with Crippen LogP contribution in [-0.4, -0.2) is 54.8 Å². The molecule has 1 aromatic heterocycles. The van der Waals surface area contributed by atoms with Crippen LogP contribution in [0.1, 0.15) is 25.7 Å². The van der Waals surface area contributed by atoms with Gasteiger partial charge in [0, 0.05) is 13.1 Å². The summed E-state index contributed by atoms with van der Waals surface area (Å²) in [7, 11) is -2.14. The van der Waals surface area contributed by atoms with Crippen LogP contribution in [-0.2, 0) is 14.8 Å². The Labute approximate surface area is 172 Å². The van der Waals surface area contributed by atoms with Gasteiger partial charge in [-0.05, 0) is 31.0 Å². The summed E-state index contributed by atoms with van der Waals surface area (Å²) < 4.78 is 33.5. The highest BCUT2D eigenvalue weighted by atomic mass is 32.2. The van der Waals surface area contributed by atoms with Crippen molar-refractivity contribution < 1.29 is 17.9 Å². The van der Waals surface area contributed by atoms with Crippen LogP contribution in [0.4, 0.5) is 5.69 Å². The molecule has 1 fully saturated rings. The van der Waals surface area contributed by atoms with Gasteiger partial charge >= 0.3 is 0 Å². The highest BCUT2D eigenvalue weighted by Crippen LogP contribution is 2.30. The zero-order valence-corrected chi connectivity index (χ0v) is 17.9. The number of aromatic nitrogens is 2. The first-order chi connectivity index (χ1) is 13.5. The average molecular weight is 443 g/mol. The Bertz CT molecular complexity index is 895. The second kappa shape index (κ2) is 9.68. The molecule has 1 aliphatic heterocycles. The van der Waals surface area contributed by atoms with Crippen molar-refractivity contribution in [2.45, 2.75) is 34.9 Å². The fraction of sp³-hybridized carbons (Fsp3) is 0.471. The summed E-state index contributed by atoms with van der Waals surface area (Å²) >= 11 is 2.62. The van der Waals surface area contributed by atoms with E-state index in [1.54, 1.807) is 11.6 Å². The molecule has 152 valence electrons. The number of benzene rings is 1. The number of carbonyl (C=O) groups excluding carboxylic acids is 1. The summed E-state index contributed by atoms with van der Waals surface area (Å²) in [5.41, 5.74) is 1.93. The van der Waals surface area contributed by atoms with Crippen molar-refractivity contribution in [2.24, 2.45) is 0 Å². The fourth-order valence-corrected chi connectivity index (χ4v) is 5.75. The van der Waals surface area contributed by atoms with Crippen molar-refractivity contribution in [1.82, 2.24) is 14.5 Å². The molecule has 0 saturated carbocycles. The minimum atomic E-state index is -3.61. The molecule has 0 spiro atoms. The molecule has 3 rings (SSSR count). The molecule has 0 bridgehead atoms. The van der Waals surface area contributed by atoms with E-state index in [9.17, 15) is 13.2 Å². The van der Waals surface area contributed by atoms with Crippen molar-refractivity contribution in [3.8, 4) is 5.75 Å². The van der Waals surface area contributed by atoms with E-state index in [1.165, 1.54) is 46.6 Å². The molecule has 1 N–H and O–H groups in total. The monoisotopic (exact) mass is 442 g/mol. The number of anilines is 1. The third-order valence-electron chi connectivity index (χ3n) is 4.31. The van der Waals surface area contributed by atoms with Crippen molar-refractivity contribution in [1.29, 1.82) is 0 Å². The predicted octanol–water partition coefficient (Wildman–Crippen LogP) is 2.84. The van der Waals surface area contributed by atoms with Gasteiger partial charge in [0.15, 0.2) is 4.34 Å². The first-order valence-corrected chi connectivity index (χ1v) is 12.2. The van der Waals surface area contributed by atoms with Gasteiger partial charge in [-0.2, -0.15) is 4.31 Å². The number of carbonyl (C=O) groups is 1. The Hall–Kier alpha value is -1.69. The molecule has 28 heavy (non-hydrogen) atoms. The number of amides is 1. The highest BCUT2D eigenvalue weighted by Gasteiger charge is 2.26. The summed E-state index contributed by atoms with van der Waals surface area (Å²) in [5, 5.41) is 10.3. The number of hydrogen-bond donors (Lipinski definition) is 1. The van der Waals surface area contributed by atoms with Crippen LogP contribution < -0.4 is 10.1 Å². The van der Waals surface area contributed by atoms with Gasteiger partial charge in [-0.25, -0.2) is 8.42 Å². The first kappa shape index (κ1) is 21.0. The number of hydrogen-bond acceptors (Lipinski definition) is 8. The molecule has 0 unspecified atom stereocenters. The van der Waals surface area contributed by atoms with Gasteiger partial charge in [0.2, 0.25) is 15.9 Å². The molecule has 0 atom stereocenters. The Kier molecular flexibility index (Phi) is 7.27. The number of nitrogens with one attached hydrogen (secondary N) is 1. The number of thioether (sulfide) groups is 1. The van der Waals surface area contributed by atoms with Crippen LogP contribution in [0, 0.1) is 0 Å². The van der Waals surface area contributed by atoms with Gasteiger partial charge in [0.05, 0.1) is 23.4 Å². The van der Waals surface area contributed by atoms with Crippen LogP contribution in [0.3, 0.4) is 0 Å². The number of ether oxygens (including phenoxy) is 1. The van der Waals surface area contributed by atoms with Crippen LogP contribution in [0.15, 0.2) is 32.9 Å².